The van der Waals surface area contributed by atoms with Crippen LogP contribution in [0.3, 0.4) is 0 Å². The van der Waals surface area contributed by atoms with Crippen molar-refractivity contribution < 1.29 is 24.1 Å². The molecule has 3 aromatic rings. The summed E-state index contributed by atoms with van der Waals surface area (Å²) in [6.45, 7) is 0. The third kappa shape index (κ3) is 2.77. The molecule has 6 heteroatoms. The minimum atomic E-state index is -0.882. The van der Waals surface area contributed by atoms with Gasteiger partial charge in [0.1, 0.15) is 5.75 Å². The van der Waals surface area contributed by atoms with Crippen molar-refractivity contribution in [2.45, 2.75) is 18.6 Å². The van der Waals surface area contributed by atoms with Gasteiger partial charge in [-0.3, -0.25) is 0 Å². The van der Waals surface area contributed by atoms with E-state index in [9.17, 15) is 5.11 Å². The predicted molar refractivity (Wildman–Crippen MR) is 102 cm³/mol. The Kier molecular flexibility index (Phi) is 4.36. The van der Waals surface area contributed by atoms with Crippen LogP contribution in [0.15, 0.2) is 36.5 Å². The molecule has 0 saturated carbocycles. The standard InChI is InChI=1S/C21H23NO5/c1-22-8-7-14-16(22)6-5-13-15(11-19(23)27-20(13)14)12-9-17(24-2)21(26-4)18(10-12)25-3/h5-10,15,19,23H,11H2,1-4H3. The molecule has 1 aromatic heterocycles. The average Bonchev–Trinajstić information content (AvgIpc) is 3.07. The van der Waals surface area contributed by atoms with Crippen molar-refractivity contribution in [1.29, 1.82) is 0 Å². The van der Waals surface area contributed by atoms with Crippen LogP contribution in [0.25, 0.3) is 10.9 Å². The van der Waals surface area contributed by atoms with Crippen molar-refractivity contribution >= 4 is 10.9 Å². The van der Waals surface area contributed by atoms with Crippen molar-refractivity contribution in [3.05, 3.63) is 47.7 Å². The third-order valence-corrected chi connectivity index (χ3v) is 5.20. The fourth-order valence-corrected chi connectivity index (χ4v) is 3.88. The zero-order valence-electron chi connectivity index (χ0n) is 15.9. The summed E-state index contributed by atoms with van der Waals surface area (Å²) in [5.74, 6) is 2.41. The highest BCUT2D eigenvalue weighted by atomic mass is 16.6. The van der Waals surface area contributed by atoms with E-state index in [0.717, 1.165) is 27.8 Å². The first kappa shape index (κ1) is 17.5. The van der Waals surface area contributed by atoms with E-state index < -0.39 is 6.29 Å². The molecule has 2 unspecified atom stereocenters. The highest BCUT2D eigenvalue weighted by Gasteiger charge is 2.31. The Morgan fingerprint density at radius 2 is 1.74 bits per heavy atom. The van der Waals surface area contributed by atoms with Crippen LogP contribution in [0, 0.1) is 0 Å². The SMILES string of the molecule is COc1cc(C2CC(O)Oc3c2ccc2c3ccn2C)cc(OC)c1OC. The van der Waals surface area contributed by atoms with Gasteiger partial charge in [0.2, 0.25) is 5.75 Å². The van der Waals surface area contributed by atoms with Crippen LogP contribution in [-0.4, -0.2) is 37.3 Å². The zero-order valence-corrected chi connectivity index (χ0v) is 15.9. The van der Waals surface area contributed by atoms with E-state index >= 15 is 0 Å². The molecule has 1 aliphatic rings. The summed E-state index contributed by atoms with van der Waals surface area (Å²) in [5, 5.41) is 11.4. The maximum atomic E-state index is 10.4. The normalized spacial score (nSPS) is 18.7. The fourth-order valence-electron chi connectivity index (χ4n) is 3.88. The molecule has 0 aliphatic carbocycles. The highest BCUT2D eigenvalue weighted by Crippen LogP contribution is 2.47. The number of aliphatic hydroxyl groups is 1. The summed E-state index contributed by atoms with van der Waals surface area (Å²) in [5.41, 5.74) is 3.07. The first-order valence-electron chi connectivity index (χ1n) is 8.80. The number of hydrogen-bond donors (Lipinski definition) is 1. The first-order chi connectivity index (χ1) is 13.1. The van der Waals surface area contributed by atoms with E-state index in [2.05, 4.69) is 12.1 Å². The molecule has 6 nitrogen and oxygen atoms in total. The quantitative estimate of drug-likeness (QED) is 0.763. The Bertz CT molecular complexity index is 969. The van der Waals surface area contributed by atoms with Gasteiger partial charge < -0.3 is 28.6 Å². The Labute approximate surface area is 157 Å². The van der Waals surface area contributed by atoms with E-state index in [1.807, 2.05) is 36.0 Å². The number of aryl methyl sites for hydroxylation is 1. The molecule has 2 aromatic carbocycles. The van der Waals surface area contributed by atoms with Crippen molar-refractivity contribution in [2.24, 2.45) is 7.05 Å². The van der Waals surface area contributed by atoms with E-state index in [4.69, 9.17) is 18.9 Å². The first-order valence-corrected chi connectivity index (χ1v) is 8.80. The maximum absolute atomic E-state index is 10.4. The van der Waals surface area contributed by atoms with Crippen molar-refractivity contribution in [1.82, 2.24) is 4.57 Å². The molecule has 0 amide bonds. The molecule has 0 radical (unpaired) electrons. The molecule has 0 bridgehead atoms. The van der Waals surface area contributed by atoms with Gasteiger partial charge in [-0.2, -0.15) is 0 Å². The van der Waals surface area contributed by atoms with Crippen LogP contribution in [0.4, 0.5) is 0 Å². The smallest absolute Gasteiger partial charge is 0.203 e. The number of hydrogen-bond acceptors (Lipinski definition) is 5. The Balaban J connectivity index is 1.90. The molecule has 2 atom stereocenters. The highest BCUT2D eigenvalue weighted by molar-refractivity contribution is 5.88. The summed E-state index contributed by atoms with van der Waals surface area (Å²) in [4.78, 5) is 0. The number of ether oxygens (including phenoxy) is 4. The number of fused-ring (bicyclic) bond motifs is 3. The summed E-state index contributed by atoms with van der Waals surface area (Å²) < 4.78 is 24.3. The van der Waals surface area contributed by atoms with Crippen LogP contribution < -0.4 is 18.9 Å². The number of rotatable bonds is 4. The molecule has 27 heavy (non-hydrogen) atoms. The molecular formula is C21H23NO5. The topological polar surface area (TPSA) is 62.1 Å². The molecule has 0 fully saturated rings. The van der Waals surface area contributed by atoms with Crippen LogP contribution >= 0.6 is 0 Å². The van der Waals surface area contributed by atoms with Crippen LogP contribution in [0.2, 0.25) is 0 Å². The zero-order chi connectivity index (χ0) is 19.1. The number of methoxy groups -OCH3 is 3. The number of aliphatic hydroxyl groups excluding tert-OH is 1. The second-order valence-electron chi connectivity index (χ2n) is 6.66. The van der Waals surface area contributed by atoms with Crippen molar-refractivity contribution in [3.8, 4) is 23.0 Å². The minimum Gasteiger partial charge on any atom is -0.493 e. The summed E-state index contributed by atoms with van der Waals surface area (Å²) in [6, 6.07) is 10.0. The lowest BCUT2D eigenvalue weighted by atomic mass is 9.85. The van der Waals surface area contributed by atoms with Gasteiger partial charge in [0.05, 0.1) is 26.8 Å². The summed E-state index contributed by atoms with van der Waals surface area (Å²) >= 11 is 0. The van der Waals surface area contributed by atoms with E-state index in [1.165, 1.54) is 0 Å². The fraction of sp³-hybridized carbons (Fsp3) is 0.333. The monoisotopic (exact) mass is 369 g/mol. The number of benzene rings is 2. The summed E-state index contributed by atoms with van der Waals surface area (Å²) in [6.07, 6.45) is 1.56. The maximum Gasteiger partial charge on any atom is 0.203 e. The third-order valence-electron chi connectivity index (χ3n) is 5.20. The van der Waals surface area contributed by atoms with Gasteiger partial charge in [0, 0.05) is 36.5 Å². The molecule has 4 rings (SSSR count). The molecule has 142 valence electrons. The van der Waals surface area contributed by atoms with Crippen LogP contribution in [-0.2, 0) is 7.05 Å². The van der Waals surface area contributed by atoms with Gasteiger partial charge in [-0.25, -0.2) is 0 Å². The van der Waals surface area contributed by atoms with Crippen molar-refractivity contribution in [3.63, 3.8) is 0 Å². The lowest BCUT2D eigenvalue weighted by Crippen LogP contribution is -2.26. The molecule has 1 N–H and O–H groups in total. The van der Waals surface area contributed by atoms with Gasteiger partial charge in [-0.15, -0.1) is 0 Å². The average molecular weight is 369 g/mol. The number of nitrogens with zero attached hydrogens (tertiary/aromatic N) is 1. The van der Waals surface area contributed by atoms with Gasteiger partial charge >= 0.3 is 0 Å². The van der Waals surface area contributed by atoms with Gasteiger partial charge in [-0.1, -0.05) is 6.07 Å². The molecule has 1 aliphatic heterocycles. The minimum absolute atomic E-state index is 0.0536. The van der Waals surface area contributed by atoms with Crippen LogP contribution in [0.1, 0.15) is 23.5 Å². The Hall–Kier alpha value is -2.86. The van der Waals surface area contributed by atoms with Crippen LogP contribution in [0.5, 0.6) is 23.0 Å². The van der Waals surface area contributed by atoms with Crippen molar-refractivity contribution in [2.75, 3.05) is 21.3 Å². The van der Waals surface area contributed by atoms with E-state index in [1.54, 1.807) is 21.3 Å². The molecule has 0 spiro atoms. The second-order valence-corrected chi connectivity index (χ2v) is 6.66. The number of aromatic nitrogens is 1. The molecular weight excluding hydrogens is 346 g/mol. The lowest BCUT2D eigenvalue weighted by molar-refractivity contribution is -0.0347. The Morgan fingerprint density at radius 1 is 1.04 bits per heavy atom. The predicted octanol–water partition coefficient (Wildman–Crippen LogP) is 3.44. The van der Waals surface area contributed by atoms with E-state index in [-0.39, 0.29) is 5.92 Å². The van der Waals surface area contributed by atoms with Gasteiger partial charge in [0.15, 0.2) is 17.8 Å². The Morgan fingerprint density at radius 3 is 2.37 bits per heavy atom. The lowest BCUT2D eigenvalue weighted by Gasteiger charge is -2.31. The molecule has 2 heterocycles. The second kappa shape index (κ2) is 6.70. The molecule has 0 saturated heterocycles. The van der Waals surface area contributed by atoms with E-state index in [0.29, 0.717) is 23.7 Å². The van der Waals surface area contributed by atoms with Gasteiger partial charge in [0.25, 0.3) is 0 Å². The van der Waals surface area contributed by atoms with Gasteiger partial charge in [-0.05, 0) is 29.8 Å². The summed E-state index contributed by atoms with van der Waals surface area (Å²) in [7, 11) is 6.77. The largest absolute Gasteiger partial charge is 0.493 e.